The summed E-state index contributed by atoms with van der Waals surface area (Å²) >= 11 is 6.03. The fourth-order valence-electron chi connectivity index (χ4n) is 3.86. The van der Waals surface area contributed by atoms with Crippen LogP contribution in [0.5, 0.6) is 0 Å². The molecule has 3 rings (SSSR count). The number of piperidine rings is 1. The molecule has 4 nitrogen and oxygen atoms in total. The number of amides is 1. The normalized spacial score (nSPS) is 27.9. The van der Waals surface area contributed by atoms with E-state index < -0.39 is 0 Å². The Hall–Kier alpha value is -1.00. The zero-order valence-electron chi connectivity index (χ0n) is 12.8. The van der Waals surface area contributed by atoms with E-state index in [0.29, 0.717) is 28.8 Å². The lowest BCUT2D eigenvalue weighted by Gasteiger charge is -2.37. The van der Waals surface area contributed by atoms with E-state index in [9.17, 15) is 4.79 Å². The average molecular weight is 310 g/mol. The lowest BCUT2D eigenvalue weighted by atomic mass is 9.97. The van der Waals surface area contributed by atoms with E-state index in [-0.39, 0.29) is 5.91 Å². The average Bonchev–Trinajstić information content (AvgIpc) is 2.97. The van der Waals surface area contributed by atoms with Gasteiger partial charge in [0.25, 0.3) is 5.91 Å². The molecule has 2 aliphatic rings. The third-order valence-corrected chi connectivity index (χ3v) is 5.01. The Balaban J connectivity index is 1.80. The van der Waals surface area contributed by atoms with Crippen LogP contribution in [-0.2, 0) is 7.05 Å². The Morgan fingerprint density at radius 1 is 1.43 bits per heavy atom. The van der Waals surface area contributed by atoms with Gasteiger partial charge in [-0.1, -0.05) is 18.5 Å². The maximum atomic E-state index is 12.9. The number of rotatable bonds is 4. The predicted octanol–water partition coefficient (Wildman–Crippen LogP) is 2.81. The maximum absolute atomic E-state index is 12.9. The molecule has 1 N–H and O–H groups in total. The fraction of sp³-hybridized carbons (Fsp3) is 0.688. The van der Waals surface area contributed by atoms with E-state index in [0.717, 1.165) is 25.8 Å². The number of hydrogen-bond acceptors (Lipinski definition) is 2. The number of hydrogen-bond donors (Lipinski definition) is 1. The molecule has 116 valence electrons. The summed E-state index contributed by atoms with van der Waals surface area (Å²) in [6.45, 7) is 2.96. The van der Waals surface area contributed by atoms with Crippen molar-refractivity contribution in [3.05, 3.63) is 23.0 Å². The van der Waals surface area contributed by atoms with Crippen LogP contribution in [0.3, 0.4) is 0 Å². The molecule has 0 aliphatic carbocycles. The van der Waals surface area contributed by atoms with Gasteiger partial charge in [-0.15, -0.1) is 0 Å². The Kier molecular flexibility index (Phi) is 4.27. The molecule has 2 atom stereocenters. The van der Waals surface area contributed by atoms with Crippen molar-refractivity contribution >= 4 is 17.5 Å². The second-order valence-electron chi connectivity index (χ2n) is 6.42. The number of aryl methyl sites for hydroxylation is 1. The van der Waals surface area contributed by atoms with Crippen molar-refractivity contribution in [3.63, 3.8) is 0 Å². The van der Waals surface area contributed by atoms with Gasteiger partial charge < -0.3 is 14.8 Å². The minimum atomic E-state index is 0.123. The number of aromatic nitrogens is 1. The molecule has 1 aromatic rings. The van der Waals surface area contributed by atoms with Crippen LogP contribution in [0.4, 0.5) is 0 Å². The molecule has 0 saturated carbocycles. The van der Waals surface area contributed by atoms with E-state index in [4.69, 9.17) is 11.6 Å². The molecule has 2 unspecified atom stereocenters. The largest absolute Gasteiger partial charge is 0.345 e. The lowest BCUT2D eigenvalue weighted by molar-refractivity contribution is 0.0607. The molecule has 1 aromatic heterocycles. The summed E-state index contributed by atoms with van der Waals surface area (Å²) in [5.41, 5.74) is 0.694. The molecule has 2 aliphatic heterocycles. The topological polar surface area (TPSA) is 37.3 Å². The molecule has 1 amide bonds. The highest BCUT2D eigenvalue weighted by Gasteiger charge is 2.37. The maximum Gasteiger partial charge on any atom is 0.270 e. The monoisotopic (exact) mass is 309 g/mol. The van der Waals surface area contributed by atoms with Crippen LogP contribution in [-0.4, -0.2) is 40.0 Å². The van der Waals surface area contributed by atoms with Crippen molar-refractivity contribution in [2.45, 2.75) is 57.2 Å². The number of carbonyl (C=O) groups excluding carboxylic acids is 1. The molecule has 2 fully saturated rings. The summed E-state index contributed by atoms with van der Waals surface area (Å²) in [4.78, 5) is 15.0. The molecule has 5 heteroatoms. The van der Waals surface area contributed by atoms with Crippen LogP contribution in [0.1, 0.15) is 49.5 Å². The second-order valence-corrected chi connectivity index (χ2v) is 6.85. The van der Waals surface area contributed by atoms with E-state index >= 15 is 0 Å². The molecular formula is C16H24ClN3O. The Morgan fingerprint density at radius 2 is 2.10 bits per heavy atom. The molecule has 0 aromatic carbocycles. The van der Waals surface area contributed by atoms with Crippen molar-refractivity contribution in [1.29, 1.82) is 0 Å². The third-order valence-electron chi connectivity index (χ3n) is 4.81. The van der Waals surface area contributed by atoms with Crippen LogP contribution in [0.2, 0.25) is 5.02 Å². The smallest absolute Gasteiger partial charge is 0.270 e. The van der Waals surface area contributed by atoms with Gasteiger partial charge in [0.15, 0.2) is 0 Å². The van der Waals surface area contributed by atoms with Gasteiger partial charge in [0.2, 0.25) is 0 Å². The first-order chi connectivity index (χ1) is 10.1. The van der Waals surface area contributed by atoms with Gasteiger partial charge in [0.1, 0.15) is 5.69 Å². The number of carbonyl (C=O) groups is 1. The zero-order chi connectivity index (χ0) is 15.0. The first kappa shape index (κ1) is 14.9. The minimum Gasteiger partial charge on any atom is -0.345 e. The van der Waals surface area contributed by atoms with Gasteiger partial charge in [0, 0.05) is 37.9 Å². The minimum absolute atomic E-state index is 0.123. The number of nitrogens with one attached hydrogen (secondary N) is 1. The summed E-state index contributed by atoms with van der Waals surface area (Å²) in [7, 11) is 1.88. The molecule has 0 radical (unpaired) electrons. The molecule has 2 bridgehead atoms. The SMILES string of the molecule is CCCN(C(=O)c1cc(Cl)cn1C)C1CC2CCC(C1)N2. The van der Waals surface area contributed by atoms with E-state index in [1.807, 2.05) is 11.6 Å². The van der Waals surface area contributed by atoms with Crippen LogP contribution >= 0.6 is 11.6 Å². The third kappa shape index (κ3) is 2.97. The van der Waals surface area contributed by atoms with Crippen LogP contribution in [0.15, 0.2) is 12.3 Å². The van der Waals surface area contributed by atoms with Crippen molar-refractivity contribution in [3.8, 4) is 0 Å². The summed E-state index contributed by atoms with van der Waals surface area (Å²) < 4.78 is 1.84. The number of halogens is 1. The highest BCUT2D eigenvalue weighted by Crippen LogP contribution is 2.31. The van der Waals surface area contributed by atoms with Crippen molar-refractivity contribution in [1.82, 2.24) is 14.8 Å². The lowest BCUT2D eigenvalue weighted by Crippen LogP contribution is -2.50. The van der Waals surface area contributed by atoms with Gasteiger partial charge in [-0.3, -0.25) is 4.79 Å². The van der Waals surface area contributed by atoms with Crippen LogP contribution < -0.4 is 5.32 Å². The number of nitrogens with zero attached hydrogens (tertiary/aromatic N) is 2. The molecule has 0 spiro atoms. The summed E-state index contributed by atoms with van der Waals surface area (Å²) in [6, 6.07) is 3.34. The molecule has 21 heavy (non-hydrogen) atoms. The standard InChI is InChI=1S/C16H24ClN3O/c1-3-6-20(14-8-12-4-5-13(9-14)18-12)16(21)15-7-11(17)10-19(15)2/h7,10,12-14,18H,3-6,8-9H2,1-2H3. The zero-order valence-corrected chi connectivity index (χ0v) is 13.6. The van der Waals surface area contributed by atoms with E-state index in [1.165, 1.54) is 12.8 Å². The van der Waals surface area contributed by atoms with Gasteiger partial charge in [-0.2, -0.15) is 0 Å². The quantitative estimate of drug-likeness (QED) is 0.928. The fourth-order valence-corrected chi connectivity index (χ4v) is 4.11. The van der Waals surface area contributed by atoms with Crippen molar-refractivity contribution < 1.29 is 4.79 Å². The van der Waals surface area contributed by atoms with Gasteiger partial charge in [0.05, 0.1) is 5.02 Å². The molecule has 3 heterocycles. The first-order valence-corrected chi connectivity index (χ1v) is 8.35. The highest BCUT2D eigenvalue weighted by atomic mass is 35.5. The van der Waals surface area contributed by atoms with E-state index in [2.05, 4.69) is 17.1 Å². The Bertz CT molecular complexity index is 516. The van der Waals surface area contributed by atoms with Gasteiger partial charge in [-0.05, 0) is 38.2 Å². The Morgan fingerprint density at radius 3 is 2.62 bits per heavy atom. The highest BCUT2D eigenvalue weighted by molar-refractivity contribution is 6.31. The number of fused-ring (bicyclic) bond motifs is 2. The molecular weight excluding hydrogens is 286 g/mol. The molecule has 2 saturated heterocycles. The van der Waals surface area contributed by atoms with Gasteiger partial charge in [-0.25, -0.2) is 0 Å². The summed E-state index contributed by atoms with van der Waals surface area (Å²) in [5, 5.41) is 4.27. The summed E-state index contributed by atoms with van der Waals surface area (Å²) in [5.74, 6) is 0.123. The van der Waals surface area contributed by atoms with Crippen LogP contribution in [0, 0.1) is 0 Å². The van der Waals surface area contributed by atoms with Crippen molar-refractivity contribution in [2.75, 3.05) is 6.54 Å². The van der Waals surface area contributed by atoms with Crippen molar-refractivity contribution in [2.24, 2.45) is 7.05 Å². The van der Waals surface area contributed by atoms with Gasteiger partial charge >= 0.3 is 0 Å². The Labute approximate surface area is 131 Å². The summed E-state index contributed by atoms with van der Waals surface area (Å²) in [6.07, 6.45) is 7.46. The van der Waals surface area contributed by atoms with E-state index in [1.54, 1.807) is 12.3 Å². The van der Waals surface area contributed by atoms with Crippen LogP contribution in [0.25, 0.3) is 0 Å². The second kappa shape index (κ2) is 6.01. The predicted molar refractivity (Wildman–Crippen MR) is 84.7 cm³/mol. The first-order valence-electron chi connectivity index (χ1n) is 7.97.